The normalized spacial score (nSPS) is 25.4. The number of hydrogen-bond donors (Lipinski definition) is 2. The van der Waals surface area contributed by atoms with Gasteiger partial charge in [-0.3, -0.25) is 0 Å². The van der Waals surface area contributed by atoms with Crippen LogP contribution in [0.4, 0.5) is 0 Å². The van der Waals surface area contributed by atoms with E-state index in [0.717, 1.165) is 13.0 Å². The van der Waals surface area contributed by atoms with E-state index in [2.05, 4.69) is 19.2 Å². The summed E-state index contributed by atoms with van der Waals surface area (Å²) in [5, 5.41) is 8.17. The lowest BCUT2D eigenvalue weighted by Crippen LogP contribution is -2.60. The van der Waals surface area contributed by atoms with E-state index < -0.39 is 10.0 Å². The average Bonchev–Trinajstić information content (AvgIpc) is 2.81. The summed E-state index contributed by atoms with van der Waals surface area (Å²) in [5.74, 6) is 0.560. The Morgan fingerprint density at radius 3 is 2.70 bits per heavy atom. The highest BCUT2D eigenvalue weighted by atomic mass is 32.2. The van der Waals surface area contributed by atoms with Crippen molar-refractivity contribution in [3.8, 4) is 0 Å². The molecule has 1 aromatic rings. The van der Waals surface area contributed by atoms with Crippen LogP contribution in [-0.4, -0.2) is 27.2 Å². The van der Waals surface area contributed by atoms with Crippen LogP contribution in [-0.2, 0) is 21.3 Å². The number of sulfonamides is 1. The molecule has 6 nitrogen and oxygen atoms in total. The molecular weight excluding hydrogens is 280 g/mol. The maximum absolute atomic E-state index is 11.1. The lowest BCUT2D eigenvalue weighted by molar-refractivity contribution is -0.114. The molecule has 1 fully saturated rings. The fourth-order valence-corrected chi connectivity index (χ4v) is 3.03. The lowest BCUT2D eigenvalue weighted by atomic mass is 9.64. The summed E-state index contributed by atoms with van der Waals surface area (Å²) in [6.45, 7) is 7.51. The summed E-state index contributed by atoms with van der Waals surface area (Å²) in [5.41, 5.74) is 0.0609. The molecule has 1 saturated carbocycles. The Morgan fingerprint density at radius 1 is 1.50 bits per heavy atom. The van der Waals surface area contributed by atoms with Gasteiger partial charge in [0.1, 0.15) is 5.76 Å². The highest BCUT2D eigenvalue weighted by Gasteiger charge is 2.48. The third kappa shape index (κ3) is 3.06. The van der Waals surface area contributed by atoms with Gasteiger partial charge >= 0.3 is 0 Å². The van der Waals surface area contributed by atoms with Crippen molar-refractivity contribution in [3.63, 3.8) is 0 Å². The first-order valence-corrected chi connectivity index (χ1v) is 8.26. The molecule has 2 unspecified atom stereocenters. The third-order valence-corrected chi connectivity index (χ3v) is 4.77. The Kier molecular flexibility index (Phi) is 4.24. The largest absolute Gasteiger partial charge is 0.447 e. The van der Waals surface area contributed by atoms with Crippen molar-refractivity contribution in [2.24, 2.45) is 10.6 Å². The summed E-state index contributed by atoms with van der Waals surface area (Å²) in [6, 6.07) is 3.32. The van der Waals surface area contributed by atoms with Crippen LogP contribution in [0.5, 0.6) is 0 Å². The second kappa shape index (κ2) is 5.48. The third-order valence-electron chi connectivity index (χ3n) is 3.99. The van der Waals surface area contributed by atoms with Crippen molar-refractivity contribution in [2.45, 2.75) is 51.0 Å². The van der Waals surface area contributed by atoms with E-state index >= 15 is 0 Å². The highest BCUT2D eigenvalue weighted by Crippen LogP contribution is 2.42. The lowest BCUT2D eigenvalue weighted by Gasteiger charge is -2.51. The number of nitrogens with one attached hydrogen (secondary N) is 1. The Morgan fingerprint density at radius 2 is 2.20 bits per heavy atom. The quantitative estimate of drug-likeness (QED) is 0.824. The minimum atomic E-state index is -3.77. The maximum atomic E-state index is 11.1. The topological polar surface area (TPSA) is 94.6 Å². The second-order valence-corrected chi connectivity index (χ2v) is 7.19. The molecule has 0 radical (unpaired) electrons. The molecule has 20 heavy (non-hydrogen) atoms. The molecule has 114 valence electrons. The number of rotatable bonds is 6. The molecular formula is C13H22N2O4S. The number of primary sulfonamides is 1. The van der Waals surface area contributed by atoms with Gasteiger partial charge in [-0.05, 0) is 25.5 Å². The zero-order chi connectivity index (χ0) is 15.0. The van der Waals surface area contributed by atoms with E-state index in [-0.39, 0.29) is 16.6 Å². The summed E-state index contributed by atoms with van der Waals surface area (Å²) in [6.07, 6.45) is 1.21. The molecule has 1 aliphatic rings. The van der Waals surface area contributed by atoms with E-state index in [1.54, 1.807) is 6.07 Å². The SMILES string of the molecule is CCOC1CC(NCc2ccc(S(N)(=O)=O)o2)C1(C)C. The molecule has 0 spiro atoms. The van der Waals surface area contributed by atoms with Crippen molar-refractivity contribution in [1.29, 1.82) is 0 Å². The molecule has 7 heteroatoms. The molecule has 0 bridgehead atoms. The Bertz CT molecular complexity index is 565. The van der Waals surface area contributed by atoms with Gasteiger partial charge in [-0.25, -0.2) is 13.6 Å². The monoisotopic (exact) mass is 302 g/mol. The zero-order valence-corrected chi connectivity index (χ0v) is 12.9. The molecule has 0 aliphatic heterocycles. The van der Waals surface area contributed by atoms with Gasteiger partial charge in [0.2, 0.25) is 5.09 Å². The maximum Gasteiger partial charge on any atom is 0.271 e. The van der Waals surface area contributed by atoms with Crippen LogP contribution in [0.2, 0.25) is 0 Å². The van der Waals surface area contributed by atoms with Gasteiger partial charge in [0, 0.05) is 18.1 Å². The fraction of sp³-hybridized carbons (Fsp3) is 0.692. The van der Waals surface area contributed by atoms with Crippen LogP contribution in [0, 0.1) is 5.41 Å². The summed E-state index contributed by atoms with van der Waals surface area (Å²) < 4.78 is 33.1. The van der Waals surface area contributed by atoms with Gasteiger partial charge in [-0.1, -0.05) is 13.8 Å². The minimum Gasteiger partial charge on any atom is -0.447 e. The minimum absolute atomic E-state index is 0.0609. The fourth-order valence-electron chi connectivity index (χ4n) is 2.55. The summed E-state index contributed by atoms with van der Waals surface area (Å²) >= 11 is 0. The number of ether oxygens (including phenoxy) is 1. The van der Waals surface area contributed by atoms with Crippen molar-refractivity contribution in [1.82, 2.24) is 5.32 Å². The number of furan rings is 1. The predicted octanol–water partition coefficient (Wildman–Crippen LogP) is 1.22. The first-order valence-electron chi connectivity index (χ1n) is 6.71. The van der Waals surface area contributed by atoms with Gasteiger partial charge in [-0.2, -0.15) is 0 Å². The van der Waals surface area contributed by atoms with Crippen molar-refractivity contribution < 1.29 is 17.6 Å². The van der Waals surface area contributed by atoms with Crippen LogP contribution in [0.15, 0.2) is 21.6 Å². The van der Waals surface area contributed by atoms with Gasteiger partial charge < -0.3 is 14.5 Å². The van der Waals surface area contributed by atoms with Crippen LogP contribution in [0.25, 0.3) is 0 Å². The van der Waals surface area contributed by atoms with E-state index in [9.17, 15) is 8.42 Å². The van der Waals surface area contributed by atoms with Gasteiger partial charge in [0.25, 0.3) is 10.0 Å². The number of hydrogen-bond acceptors (Lipinski definition) is 5. The molecule has 3 N–H and O–H groups in total. The van der Waals surface area contributed by atoms with Gasteiger partial charge in [-0.15, -0.1) is 0 Å². The van der Waals surface area contributed by atoms with E-state index in [0.29, 0.717) is 18.3 Å². The molecule has 0 aromatic carbocycles. The van der Waals surface area contributed by atoms with E-state index in [1.165, 1.54) is 6.07 Å². The van der Waals surface area contributed by atoms with Crippen LogP contribution in [0.1, 0.15) is 33.0 Å². The molecule has 2 rings (SSSR count). The highest BCUT2D eigenvalue weighted by molar-refractivity contribution is 7.89. The number of nitrogens with two attached hydrogens (primary N) is 1. The van der Waals surface area contributed by atoms with Gasteiger partial charge in [0.15, 0.2) is 0 Å². The standard InChI is InChI=1S/C13H22N2O4S/c1-4-18-11-7-10(13(11,2)3)15-8-9-5-6-12(19-9)20(14,16)17/h5-6,10-11,15H,4,7-8H2,1-3H3,(H2,14,16,17). The van der Waals surface area contributed by atoms with Crippen LogP contribution >= 0.6 is 0 Å². The molecule has 1 aliphatic carbocycles. The van der Waals surface area contributed by atoms with Crippen LogP contribution < -0.4 is 10.5 Å². The first-order chi connectivity index (χ1) is 9.25. The molecule has 1 aromatic heterocycles. The Hall–Kier alpha value is -0.890. The smallest absolute Gasteiger partial charge is 0.271 e. The second-order valence-electron chi connectivity index (χ2n) is 5.70. The Balaban J connectivity index is 1.89. The van der Waals surface area contributed by atoms with Crippen LogP contribution in [0.3, 0.4) is 0 Å². The molecule has 0 saturated heterocycles. The predicted molar refractivity (Wildman–Crippen MR) is 74.5 cm³/mol. The molecule has 2 atom stereocenters. The van der Waals surface area contributed by atoms with Gasteiger partial charge in [0.05, 0.1) is 12.6 Å². The average molecular weight is 302 g/mol. The summed E-state index contributed by atoms with van der Waals surface area (Å²) in [7, 11) is -3.77. The summed E-state index contributed by atoms with van der Waals surface area (Å²) in [4.78, 5) is 0. The van der Waals surface area contributed by atoms with Crippen molar-refractivity contribution in [3.05, 3.63) is 17.9 Å². The van der Waals surface area contributed by atoms with E-state index in [4.69, 9.17) is 14.3 Å². The molecule has 1 heterocycles. The first kappa shape index (κ1) is 15.5. The van der Waals surface area contributed by atoms with Crippen molar-refractivity contribution in [2.75, 3.05) is 6.61 Å². The Labute approximate surface area is 119 Å². The molecule has 0 amide bonds. The van der Waals surface area contributed by atoms with Crippen molar-refractivity contribution >= 4 is 10.0 Å². The van der Waals surface area contributed by atoms with E-state index in [1.807, 2.05) is 6.92 Å². The zero-order valence-electron chi connectivity index (χ0n) is 12.0.